The molecule has 3 aliphatic carbocycles. The van der Waals surface area contributed by atoms with Crippen molar-refractivity contribution in [2.24, 2.45) is 28.1 Å². The first-order valence-corrected chi connectivity index (χ1v) is 9.14. The number of rotatable bonds is 2. The maximum Gasteiger partial charge on any atom is 0.164 e. The van der Waals surface area contributed by atoms with Gasteiger partial charge in [-0.1, -0.05) is 33.3 Å². The fourth-order valence-corrected chi connectivity index (χ4v) is 6.35. The van der Waals surface area contributed by atoms with E-state index in [9.17, 15) is 15.0 Å². The minimum absolute atomic E-state index is 0.000625. The van der Waals surface area contributed by atoms with E-state index in [4.69, 9.17) is 0 Å². The Labute approximate surface area is 140 Å². The number of hydrogen-bond donors (Lipinski definition) is 2. The molecule has 2 N–H and O–H groups in total. The molecule has 0 aliphatic heterocycles. The first kappa shape index (κ1) is 17.2. The molecule has 3 saturated carbocycles. The van der Waals surface area contributed by atoms with Crippen LogP contribution >= 0.6 is 0 Å². The number of carbonyl (C=O) groups excluding carboxylic acids is 1. The Bertz CT molecular complexity index is 529. The van der Waals surface area contributed by atoms with Crippen molar-refractivity contribution in [3.05, 3.63) is 12.7 Å². The van der Waals surface area contributed by atoms with Crippen LogP contribution in [-0.4, -0.2) is 28.2 Å². The zero-order valence-electron chi connectivity index (χ0n) is 14.9. The molecular formula is C20H32O3. The Hall–Kier alpha value is -0.670. The molecule has 3 rings (SSSR count). The molecule has 0 radical (unpaired) electrons. The molecule has 0 amide bonds. The maximum absolute atomic E-state index is 13.0. The van der Waals surface area contributed by atoms with Crippen LogP contribution in [0.3, 0.4) is 0 Å². The molecule has 3 nitrogen and oxygen atoms in total. The molecule has 23 heavy (non-hydrogen) atoms. The van der Waals surface area contributed by atoms with E-state index in [0.717, 1.165) is 32.1 Å². The van der Waals surface area contributed by atoms with Gasteiger partial charge in [-0.25, -0.2) is 0 Å². The van der Waals surface area contributed by atoms with E-state index in [1.54, 1.807) is 0 Å². The van der Waals surface area contributed by atoms with Crippen LogP contribution in [-0.2, 0) is 4.79 Å². The number of Topliss-reactive ketones (excluding diaryl/α,β-unsaturated/α-hetero) is 1. The van der Waals surface area contributed by atoms with Crippen LogP contribution in [0.25, 0.3) is 0 Å². The number of aliphatic hydroxyl groups excluding tert-OH is 1. The molecule has 0 aromatic heterocycles. The summed E-state index contributed by atoms with van der Waals surface area (Å²) in [5, 5.41) is 21.4. The van der Waals surface area contributed by atoms with Crippen molar-refractivity contribution in [1.29, 1.82) is 0 Å². The first-order chi connectivity index (χ1) is 10.6. The summed E-state index contributed by atoms with van der Waals surface area (Å²) < 4.78 is 0. The molecule has 0 aromatic rings. The van der Waals surface area contributed by atoms with Gasteiger partial charge in [0.2, 0.25) is 0 Å². The van der Waals surface area contributed by atoms with E-state index < -0.39 is 5.60 Å². The van der Waals surface area contributed by atoms with E-state index in [1.165, 1.54) is 0 Å². The summed E-state index contributed by atoms with van der Waals surface area (Å²) in [6.07, 6.45) is 7.79. The maximum atomic E-state index is 13.0. The standard InChI is InChI=1S/C20H32O3/c1-5-17(2)10-7-14-19(4)9-6-8-18(3,13-21)15(19)11-16(22)20(14,23)12-17/h5,14-15,21,23H,1,6-13H2,2-4H3. The van der Waals surface area contributed by atoms with Crippen LogP contribution in [0.1, 0.15) is 65.7 Å². The van der Waals surface area contributed by atoms with Gasteiger partial charge in [-0.05, 0) is 54.3 Å². The van der Waals surface area contributed by atoms with Crippen LogP contribution in [0.4, 0.5) is 0 Å². The summed E-state index contributed by atoms with van der Waals surface area (Å²) in [6, 6.07) is 0. The number of hydrogen-bond acceptors (Lipinski definition) is 3. The number of ketones is 1. The van der Waals surface area contributed by atoms with Gasteiger partial charge in [0, 0.05) is 18.9 Å². The second kappa shape index (κ2) is 5.16. The Morgan fingerprint density at radius 1 is 1.22 bits per heavy atom. The third kappa shape index (κ3) is 2.26. The van der Waals surface area contributed by atoms with Crippen LogP contribution in [0.15, 0.2) is 12.7 Å². The monoisotopic (exact) mass is 320 g/mol. The molecule has 130 valence electrons. The quantitative estimate of drug-likeness (QED) is 0.766. The summed E-state index contributed by atoms with van der Waals surface area (Å²) in [7, 11) is 0. The van der Waals surface area contributed by atoms with Gasteiger partial charge in [-0.2, -0.15) is 0 Å². The predicted molar refractivity (Wildman–Crippen MR) is 90.9 cm³/mol. The molecule has 6 atom stereocenters. The Kier molecular flexibility index (Phi) is 3.85. The van der Waals surface area contributed by atoms with Gasteiger partial charge in [0.25, 0.3) is 0 Å². The second-order valence-corrected chi connectivity index (χ2v) is 9.40. The van der Waals surface area contributed by atoms with Gasteiger partial charge in [-0.3, -0.25) is 4.79 Å². The lowest BCUT2D eigenvalue weighted by Crippen LogP contribution is -2.66. The number of allylic oxidation sites excluding steroid dienone is 1. The van der Waals surface area contributed by atoms with Crippen LogP contribution < -0.4 is 0 Å². The van der Waals surface area contributed by atoms with Crippen molar-refractivity contribution in [1.82, 2.24) is 0 Å². The summed E-state index contributed by atoms with van der Waals surface area (Å²) in [4.78, 5) is 13.0. The summed E-state index contributed by atoms with van der Waals surface area (Å²) in [6.45, 7) is 10.6. The molecule has 0 saturated heterocycles. The van der Waals surface area contributed by atoms with E-state index >= 15 is 0 Å². The van der Waals surface area contributed by atoms with Crippen molar-refractivity contribution in [2.45, 2.75) is 71.3 Å². The highest BCUT2D eigenvalue weighted by Gasteiger charge is 2.65. The molecule has 3 fully saturated rings. The van der Waals surface area contributed by atoms with E-state index in [1.807, 2.05) is 6.08 Å². The van der Waals surface area contributed by atoms with E-state index in [2.05, 4.69) is 27.4 Å². The van der Waals surface area contributed by atoms with Crippen molar-refractivity contribution >= 4 is 5.78 Å². The molecule has 3 heteroatoms. The smallest absolute Gasteiger partial charge is 0.164 e. The average molecular weight is 320 g/mol. The highest BCUT2D eigenvalue weighted by atomic mass is 16.3. The minimum atomic E-state index is -1.21. The molecule has 0 bridgehead atoms. The average Bonchev–Trinajstić information content (AvgIpc) is 2.50. The molecule has 0 aromatic carbocycles. The zero-order chi connectivity index (χ0) is 17.1. The summed E-state index contributed by atoms with van der Waals surface area (Å²) in [5.74, 6) is 0.194. The Balaban J connectivity index is 2.03. The third-order valence-electron chi connectivity index (χ3n) is 7.88. The number of fused-ring (bicyclic) bond motifs is 3. The minimum Gasteiger partial charge on any atom is -0.396 e. The Morgan fingerprint density at radius 3 is 2.52 bits per heavy atom. The molecule has 3 aliphatic rings. The molecular weight excluding hydrogens is 288 g/mol. The van der Waals surface area contributed by atoms with Gasteiger partial charge in [0.15, 0.2) is 5.78 Å². The lowest BCUT2D eigenvalue weighted by Gasteiger charge is -2.63. The van der Waals surface area contributed by atoms with Gasteiger partial charge < -0.3 is 10.2 Å². The fourth-order valence-electron chi connectivity index (χ4n) is 6.35. The van der Waals surface area contributed by atoms with Crippen molar-refractivity contribution in [2.75, 3.05) is 6.61 Å². The first-order valence-electron chi connectivity index (χ1n) is 9.14. The van der Waals surface area contributed by atoms with Crippen LogP contribution in [0.2, 0.25) is 0 Å². The molecule has 0 heterocycles. The summed E-state index contributed by atoms with van der Waals surface area (Å²) in [5.41, 5.74) is -1.61. The fraction of sp³-hybridized carbons (Fsp3) is 0.850. The lowest BCUT2D eigenvalue weighted by atomic mass is 9.41. The Morgan fingerprint density at radius 2 is 1.91 bits per heavy atom. The normalized spacial score (nSPS) is 53.3. The zero-order valence-corrected chi connectivity index (χ0v) is 14.9. The van der Waals surface area contributed by atoms with E-state index in [0.29, 0.717) is 12.8 Å². The van der Waals surface area contributed by atoms with Crippen LogP contribution in [0.5, 0.6) is 0 Å². The van der Waals surface area contributed by atoms with Crippen molar-refractivity contribution in [3.8, 4) is 0 Å². The van der Waals surface area contributed by atoms with Crippen molar-refractivity contribution < 1.29 is 15.0 Å². The number of aliphatic hydroxyl groups is 2. The van der Waals surface area contributed by atoms with Crippen molar-refractivity contribution in [3.63, 3.8) is 0 Å². The van der Waals surface area contributed by atoms with Gasteiger partial charge in [-0.15, -0.1) is 6.58 Å². The second-order valence-electron chi connectivity index (χ2n) is 9.40. The highest BCUT2D eigenvalue weighted by molar-refractivity contribution is 5.89. The topological polar surface area (TPSA) is 57.5 Å². The third-order valence-corrected chi connectivity index (χ3v) is 7.88. The predicted octanol–water partition coefficient (Wildman–Crippen LogP) is 3.49. The molecule has 0 spiro atoms. The SMILES string of the molecule is C=CC1(C)CCC2C(O)(C1)C(=O)CC1C(C)(CO)CCCC12C. The largest absolute Gasteiger partial charge is 0.396 e. The lowest BCUT2D eigenvalue weighted by molar-refractivity contribution is -0.206. The van der Waals surface area contributed by atoms with Gasteiger partial charge >= 0.3 is 0 Å². The van der Waals surface area contributed by atoms with E-state index in [-0.39, 0.29) is 40.5 Å². The molecule has 6 unspecified atom stereocenters. The van der Waals surface area contributed by atoms with Crippen LogP contribution in [0, 0.1) is 28.1 Å². The highest BCUT2D eigenvalue weighted by Crippen LogP contribution is 2.65. The summed E-state index contributed by atoms with van der Waals surface area (Å²) >= 11 is 0. The van der Waals surface area contributed by atoms with Gasteiger partial charge in [0.1, 0.15) is 5.60 Å². The van der Waals surface area contributed by atoms with Gasteiger partial charge in [0.05, 0.1) is 0 Å². The number of carbonyl (C=O) groups is 1.